The average molecular weight is 321 g/mol. The van der Waals surface area contributed by atoms with Crippen molar-refractivity contribution in [3.63, 3.8) is 0 Å². The van der Waals surface area contributed by atoms with Gasteiger partial charge in [-0.2, -0.15) is 0 Å². The van der Waals surface area contributed by atoms with Gasteiger partial charge in [0.25, 0.3) is 0 Å². The van der Waals surface area contributed by atoms with Gasteiger partial charge in [0.1, 0.15) is 4.34 Å². The van der Waals surface area contributed by atoms with Crippen LogP contribution in [0.5, 0.6) is 0 Å². The van der Waals surface area contributed by atoms with Crippen LogP contribution in [-0.4, -0.2) is 5.11 Å². The lowest BCUT2D eigenvalue weighted by atomic mass is 9.76. The van der Waals surface area contributed by atoms with Crippen molar-refractivity contribution in [2.24, 2.45) is 11.8 Å². The monoisotopic (exact) mass is 320 g/mol. The minimum absolute atomic E-state index is 0.348. The summed E-state index contributed by atoms with van der Waals surface area (Å²) in [6.45, 7) is 2.25. The maximum Gasteiger partial charge on any atom is 0.100 e. The Morgan fingerprint density at radius 1 is 1.32 bits per heavy atom. The molecule has 1 fully saturated rings. The van der Waals surface area contributed by atoms with Gasteiger partial charge in [-0.05, 0) is 30.7 Å². The Bertz CT molecular complexity index is 397. The zero-order chi connectivity index (χ0) is 13.8. The van der Waals surface area contributed by atoms with Crippen molar-refractivity contribution in [3.05, 3.63) is 20.3 Å². The number of hydrogen-bond acceptors (Lipinski definition) is 2. The second kappa shape index (κ2) is 7.31. The molecule has 1 unspecified atom stereocenters. The first kappa shape index (κ1) is 15.6. The van der Waals surface area contributed by atoms with E-state index in [1.165, 1.54) is 43.4 Å². The van der Waals surface area contributed by atoms with Crippen molar-refractivity contribution >= 4 is 34.5 Å². The fourth-order valence-corrected chi connectivity index (χ4v) is 4.63. The number of rotatable bonds is 5. The molecule has 0 aliphatic heterocycles. The Morgan fingerprint density at radius 3 is 2.53 bits per heavy atom. The van der Waals surface area contributed by atoms with E-state index < -0.39 is 6.10 Å². The molecule has 0 bridgehead atoms. The van der Waals surface area contributed by atoms with E-state index in [0.717, 1.165) is 24.3 Å². The van der Waals surface area contributed by atoms with E-state index in [1.54, 1.807) is 0 Å². The molecule has 2 rings (SSSR count). The number of aliphatic hydroxyl groups excluding tert-OH is 1. The van der Waals surface area contributed by atoms with E-state index in [-0.39, 0.29) is 0 Å². The lowest BCUT2D eigenvalue weighted by molar-refractivity contribution is 0.0724. The number of unbranched alkanes of at least 4 members (excludes halogenated alkanes) is 1. The minimum atomic E-state index is -0.441. The molecule has 19 heavy (non-hydrogen) atoms. The predicted octanol–water partition coefficient (Wildman–Crippen LogP) is 6.08. The first-order valence-corrected chi connectivity index (χ1v) is 8.81. The van der Waals surface area contributed by atoms with Gasteiger partial charge >= 0.3 is 0 Å². The summed E-state index contributed by atoms with van der Waals surface area (Å²) in [4.78, 5) is 0. The number of thiophene rings is 1. The largest absolute Gasteiger partial charge is 0.388 e. The smallest absolute Gasteiger partial charge is 0.100 e. The Morgan fingerprint density at radius 2 is 2.00 bits per heavy atom. The summed E-state index contributed by atoms with van der Waals surface area (Å²) < 4.78 is 1.31. The summed E-state index contributed by atoms with van der Waals surface area (Å²) in [5, 5.41) is 10.5. The zero-order valence-corrected chi connectivity index (χ0v) is 13.7. The van der Waals surface area contributed by atoms with Gasteiger partial charge in [-0.15, -0.1) is 11.3 Å². The molecule has 0 radical (unpaired) electrons. The van der Waals surface area contributed by atoms with E-state index in [4.69, 9.17) is 23.2 Å². The molecule has 1 aliphatic carbocycles. The molecule has 1 aromatic rings. The second-order valence-electron chi connectivity index (χ2n) is 5.65. The summed E-state index contributed by atoms with van der Waals surface area (Å²) in [5.41, 5.74) is 0.827. The maximum atomic E-state index is 10.5. The van der Waals surface area contributed by atoms with Crippen LogP contribution in [-0.2, 0) is 0 Å². The lowest BCUT2D eigenvalue weighted by Gasteiger charge is -2.31. The third-order valence-corrected chi connectivity index (χ3v) is 5.82. The fraction of sp³-hybridized carbons (Fsp3) is 0.733. The first-order valence-electron chi connectivity index (χ1n) is 7.24. The topological polar surface area (TPSA) is 20.2 Å². The lowest BCUT2D eigenvalue weighted by Crippen LogP contribution is -2.20. The third-order valence-electron chi connectivity index (χ3n) is 4.31. The summed E-state index contributed by atoms with van der Waals surface area (Å²) in [7, 11) is 0. The summed E-state index contributed by atoms with van der Waals surface area (Å²) in [5.74, 6) is 1.21. The molecule has 1 nitrogen and oxygen atoms in total. The molecular formula is C15H22Cl2OS. The third kappa shape index (κ3) is 4.10. The molecule has 1 saturated carbocycles. The van der Waals surface area contributed by atoms with Gasteiger partial charge < -0.3 is 5.11 Å². The van der Waals surface area contributed by atoms with Crippen LogP contribution in [0.3, 0.4) is 0 Å². The van der Waals surface area contributed by atoms with Crippen molar-refractivity contribution in [2.75, 3.05) is 0 Å². The van der Waals surface area contributed by atoms with Crippen LogP contribution in [0.2, 0.25) is 8.67 Å². The molecule has 1 aliphatic rings. The van der Waals surface area contributed by atoms with Crippen molar-refractivity contribution in [3.8, 4) is 0 Å². The molecule has 1 N–H and O–H groups in total. The van der Waals surface area contributed by atoms with Gasteiger partial charge in [0.05, 0.1) is 10.4 Å². The zero-order valence-electron chi connectivity index (χ0n) is 11.4. The van der Waals surface area contributed by atoms with Crippen LogP contribution >= 0.6 is 34.5 Å². The van der Waals surface area contributed by atoms with Crippen molar-refractivity contribution in [1.82, 2.24) is 0 Å². The van der Waals surface area contributed by atoms with Crippen LogP contribution in [0.25, 0.3) is 0 Å². The van der Waals surface area contributed by atoms with Crippen LogP contribution in [0, 0.1) is 11.8 Å². The molecular weight excluding hydrogens is 299 g/mol. The summed E-state index contributed by atoms with van der Waals surface area (Å²) >= 11 is 13.4. The minimum Gasteiger partial charge on any atom is -0.388 e. The molecule has 0 amide bonds. The highest BCUT2D eigenvalue weighted by molar-refractivity contribution is 7.20. The number of aliphatic hydroxyl groups is 1. The van der Waals surface area contributed by atoms with Gasteiger partial charge in [0.15, 0.2) is 0 Å². The van der Waals surface area contributed by atoms with Crippen LogP contribution < -0.4 is 0 Å². The average Bonchev–Trinajstić information content (AvgIpc) is 2.75. The second-order valence-corrected chi connectivity index (χ2v) is 7.93. The Balaban J connectivity index is 1.89. The molecule has 0 aromatic carbocycles. The van der Waals surface area contributed by atoms with E-state index in [0.29, 0.717) is 14.6 Å². The molecule has 1 heterocycles. The SMILES string of the molecule is CCCCC1CCC(C(O)c2cc(Cl)sc2Cl)CC1. The van der Waals surface area contributed by atoms with Crippen molar-refractivity contribution in [1.29, 1.82) is 0 Å². The first-order chi connectivity index (χ1) is 9.11. The van der Waals surface area contributed by atoms with Gasteiger partial charge in [0, 0.05) is 5.56 Å². The fourth-order valence-electron chi connectivity index (χ4n) is 3.09. The van der Waals surface area contributed by atoms with E-state index in [9.17, 15) is 5.11 Å². The predicted molar refractivity (Wildman–Crippen MR) is 84.3 cm³/mol. The number of hydrogen-bond donors (Lipinski definition) is 1. The Labute approximate surface area is 129 Å². The van der Waals surface area contributed by atoms with Crippen molar-refractivity contribution < 1.29 is 5.11 Å². The molecule has 1 aromatic heterocycles. The van der Waals surface area contributed by atoms with Crippen LogP contribution in [0.1, 0.15) is 63.5 Å². The van der Waals surface area contributed by atoms with Gasteiger partial charge in [-0.25, -0.2) is 0 Å². The van der Waals surface area contributed by atoms with E-state index in [1.807, 2.05) is 6.07 Å². The molecule has 0 spiro atoms. The normalized spacial score (nSPS) is 25.5. The van der Waals surface area contributed by atoms with Gasteiger partial charge in [-0.3, -0.25) is 0 Å². The standard InChI is InChI=1S/C15H22Cl2OS/c1-2-3-4-10-5-7-11(8-6-10)14(18)12-9-13(16)19-15(12)17/h9-11,14,18H,2-8H2,1H3. The van der Waals surface area contributed by atoms with Gasteiger partial charge in [-0.1, -0.05) is 62.2 Å². The quantitative estimate of drug-likeness (QED) is 0.696. The molecule has 0 saturated heterocycles. The molecule has 108 valence electrons. The highest BCUT2D eigenvalue weighted by Gasteiger charge is 2.29. The van der Waals surface area contributed by atoms with Gasteiger partial charge in [0.2, 0.25) is 0 Å². The summed E-state index contributed by atoms with van der Waals surface area (Å²) in [6.07, 6.45) is 8.25. The van der Waals surface area contributed by atoms with Crippen molar-refractivity contribution in [2.45, 2.75) is 58.0 Å². The maximum absolute atomic E-state index is 10.5. The highest BCUT2D eigenvalue weighted by atomic mass is 35.5. The summed E-state index contributed by atoms with van der Waals surface area (Å²) in [6, 6.07) is 1.82. The molecule has 4 heteroatoms. The molecule has 1 atom stereocenters. The highest BCUT2D eigenvalue weighted by Crippen LogP contribution is 2.43. The number of halogens is 2. The Kier molecular flexibility index (Phi) is 6.01. The van der Waals surface area contributed by atoms with E-state index in [2.05, 4.69) is 6.92 Å². The van der Waals surface area contributed by atoms with Crippen LogP contribution in [0.4, 0.5) is 0 Å². The van der Waals surface area contributed by atoms with E-state index >= 15 is 0 Å². The van der Waals surface area contributed by atoms with Crippen LogP contribution in [0.15, 0.2) is 6.07 Å². The Hall–Kier alpha value is 0.240.